The van der Waals surface area contributed by atoms with Gasteiger partial charge in [-0.15, -0.1) is 0 Å². The van der Waals surface area contributed by atoms with Gasteiger partial charge < -0.3 is 21.1 Å². The quantitative estimate of drug-likeness (QED) is 0.639. The summed E-state index contributed by atoms with van der Waals surface area (Å²) in [5.41, 5.74) is 7.46. The normalized spacial score (nSPS) is 17.9. The number of nitrogens with one attached hydrogen (secondary N) is 1. The molecule has 1 aromatic rings. The van der Waals surface area contributed by atoms with E-state index in [-0.39, 0.29) is 5.54 Å². The van der Waals surface area contributed by atoms with Crippen LogP contribution < -0.4 is 16.0 Å². The van der Waals surface area contributed by atoms with E-state index in [9.17, 15) is 0 Å². The minimum absolute atomic E-state index is 0.102. The van der Waals surface area contributed by atoms with Crippen molar-refractivity contribution in [2.45, 2.75) is 37.6 Å². The van der Waals surface area contributed by atoms with Crippen molar-refractivity contribution in [1.29, 1.82) is 0 Å². The minimum Gasteiger partial charge on any atom is -0.396 e. The Bertz CT molecular complexity index is 388. The molecule has 1 aliphatic heterocycles. The molecule has 1 aliphatic rings. The maximum atomic E-state index is 8.80. The van der Waals surface area contributed by atoms with E-state index in [2.05, 4.69) is 40.5 Å². The lowest BCUT2D eigenvalue weighted by atomic mass is 9.87. The Morgan fingerprint density at radius 1 is 1.10 bits per heavy atom. The number of hydrogen-bond donors (Lipinski definition) is 3. The molecule has 1 aromatic carbocycles. The SMILES string of the molecule is NCC1(NCCCCCO)CCN(c2ccccc2)CC1. The van der Waals surface area contributed by atoms with Gasteiger partial charge in [0, 0.05) is 37.5 Å². The molecule has 118 valence electrons. The van der Waals surface area contributed by atoms with Crippen molar-refractivity contribution in [2.75, 3.05) is 37.7 Å². The molecule has 4 N–H and O–H groups in total. The number of hydrogen-bond acceptors (Lipinski definition) is 4. The number of aliphatic hydroxyl groups excluding tert-OH is 1. The summed E-state index contributed by atoms with van der Waals surface area (Å²) in [4.78, 5) is 2.45. The van der Waals surface area contributed by atoms with Gasteiger partial charge in [-0.1, -0.05) is 18.2 Å². The molecule has 0 saturated carbocycles. The second-order valence-corrected chi connectivity index (χ2v) is 6.02. The van der Waals surface area contributed by atoms with Crippen LogP contribution in [0.4, 0.5) is 5.69 Å². The van der Waals surface area contributed by atoms with Crippen LogP contribution in [0.2, 0.25) is 0 Å². The third-order valence-electron chi connectivity index (χ3n) is 4.57. The number of para-hydroxylation sites is 1. The van der Waals surface area contributed by atoms with Gasteiger partial charge in [-0.05, 0) is 50.8 Å². The van der Waals surface area contributed by atoms with E-state index >= 15 is 0 Å². The summed E-state index contributed by atoms with van der Waals surface area (Å²) in [5.74, 6) is 0. The van der Waals surface area contributed by atoms with Gasteiger partial charge in [0.25, 0.3) is 0 Å². The first-order valence-corrected chi connectivity index (χ1v) is 8.16. The zero-order chi connectivity index (χ0) is 15.0. The van der Waals surface area contributed by atoms with Crippen LogP contribution >= 0.6 is 0 Å². The minimum atomic E-state index is 0.102. The van der Waals surface area contributed by atoms with E-state index in [1.54, 1.807) is 0 Å². The van der Waals surface area contributed by atoms with Crippen molar-refractivity contribution in [1.82, 2.24) is 5.32 Å². The number of nitrogens with zero attached hydrogens (tertiary/aromatic N) is 1. The van der Waals surface area contributed by atoms with E-state index in [0.29, 0.717) is 13.2 Å². The van der Waals surface area contributed by atoms with Crippen LogP contribution in [0, 0.1) is 0 Å². The number of piperidine rings is 1. The monoisotopic (exact) mass is 291 g/mol. The Kier molecular flexibility index (Phi) is 6.49. The Hall–Kier alpha value is -1.10. The average Bonchev–Trinajstić information content (AvgIpc) is 2.56. The maximum Gasteiger partial charge on any atom is 0.0431 e. The molecule has 0 unspecified atom stereocenters. The van der Waals surface area contributed by atoms with Gasteiger partial charge in [-0.3, -0.25) is 0 Å². The third kappa shape index (κ3) is 4.70. The predicted octanol–water partition coefficient (Wildman–Crippen LogP) is 1.74. The lowest BCUT2D eigenvalue weighted by molar-refractivity contribution is 0.258. The van der Waals surface area contributed by atoms with Crippen molar-refractivity contribution in [3.63, 3.8) is 0 Å². The highest BCUT2D eigenvalue weighted by Crippen LogP contribution is 2.25. The lowest BCUT2D eigenvalue weighted by Crippen LogP contribution is -2.58. The zero-order valence-corrected chi connectivity index (χ0v) is 12.9. The molecule has 0 radical (unpaired) electrons. The second-order valence-electron chi connectivity index (χ2n) is 6.02. The van der Waals surface area contributed by atoms with Gasteiger partial charge in [0.15, 0.2) is 0 Å². The largest absolute Gasteiger partial charge is 0.396 e. The molecule has 0 amide bonds. The molecule has 0 bridgehead atoms. The summed E-state index contributed by atoms with van der Waals surface area (Å²) in [6, 6.07) is 10.6. The van der Waals surface area contributed by atoms with E-state index in [0.717, 1.165) is 51.7 Å². The van der Waals surface area contributed by atoms with Gasteiger partial charge >= 0.3 is 0 Å². The number of aliphatic hydroxyl groups is 1. The van der Waals surface area contributed by atoms with Crippen LogP contribution in [0.15, 0.2) is 30.3 Å². The van der Waals surface area contributed by atoms with Gasteiger partial charge in [0.05, 0.1) is 0 Å². The molecule has 1 heterocycles. The third-order valence-corrected chi connectivity index (χ3v) is 4.57. The Labute approximate surface area is 128 Å². The second kappa shape index (κ2) is 8.37. The fourth-order valence-electron chi connectivity index (χ4n) is 3.05. The Morgan fingerprint density at radius 3 is 2.43 bits per heavy atom. The lowest BCUT2D eigenvalue weighted by Gasteiger charge is -2.43. The summed E-state index contributed by atoms with van der Waals surface area (Å²) >= 11 is 0. The molecule has 0 atom stereocenters. The number of anilines is 1. The smallest absolute Gasteiger partial charge is 0.0431 e. The number of benzene rings is 1. The molecule has 4 heteroatoms. The number of unbranched alkanes of at least 4 members (excludes halogenated alkanes) is 2. The van der Waals surface area contributed by atoms with Crippen molar-refractivity contribution < 1.29 is 5.11 Å². The fraction of sp³-hybridized carbons (Fsp3) is 0.647. The molecule has 0 spiro atoms. The van der Waals surface area contributed by atoms with E-state index < -0.39 is 0 Å². The molecule has 0 aliphatic carbocycles. The van der Waals surface area contributed by atoms with Crippen LogP contribution in [0.3, 0.4) is 0 Å². The molecule has 1 saturated heterocycles. The van der Waals surface area contributed by atoms with Crippen molar-refractivity contribution in [3.8, 4) is 0 Å². The number of nitrogens with two attached hydrogens (primary N) is 1. The van der Waals surface area contributed by atoms with Crippen LogP contribution in [-0.4, -0.2) is 43.4 Å². The predicted molar refractivity (Wildman–Crippen MR) is 88.6 cm³/mol. The van der Waals surface area contributed by atoms with E-state index in [1.807, 2.05) is 0 Å². The Morgan fingerprint density at radius 2 is 1.81 bits per heavy atom. The van der Waals surface area contributed by atoms with Crippen LogP contribution in [-0.2, 0) is 0 Å². The highest BCUT2D eigenvalue weighted by molar-refractivity contribution is 5.46. The summed E-state index contributed by atoms with van der Waals surface area (Å²) in [5, 5.41) is 12.5. The van der Waals surface area contributed by atoms with Gasteiger partial charge in [-0.2, -0.15) is 0 Å². The van der Waals surface area contributed by atoms with Crippen molar-refractivity contribution >= 4 is 5.69 Å². The molecule has 2 rings (SSSR count). The molecule has 1 fully saturated rings. The first-order valence-electron chi connectivity index (χ1n) is 8.16. The average molecular weight is 291 g/mol. The van der Waals surface area contributed by atoms with E-state index in [1.165, 1.54) is 5.69 Å². The molecular formula is C17H29N3O. The first kappa shape index (κ1) is 16.3. The zero-order valence-electron chi connectivity index (χ0n) is 12.9. The van der Waals surface area contributed by atoms with Crippen LogP contribution in [0.5, 0.6) is 0 Å². The number of rotatable bonds is 8. The van der Waals surface area contributed by atoms with Gasteiger partial charge in [0.2, 0.25) is 0 Å². The Balaban J connectivity index is 1.79. The molecule has 4 nitrogen and oxygen atoms in total. The summed E-state index contributed by atoms with van der Waals surface area (Å²) in [6.45, 7) is 4.13. The van der Waals surface area contributed by atoms with Gasteiger partial charge in [0.1, 0.15) is 0 Å². The fourth-order valence-corrected chi connectivity index (χ4v) is 3.05. The van der Waals surface area contributed by atoms with Gasteiger partial charge in [-0.25, -0.2) is 0 Å². The van der Waals surface area contributed by atoms with Crippen LogP contribution in [0.25, 0.3) is 0 Å². The molecule has 0 aromatic heterocycles. The van der Waals surface area contributed by atoms with Crippen molar-refractivity contribution in [2.24, 2.45) is 5.73 Å². The topological polar surface area (TPSA) is 61.5 Å². The highest BCUT2D eigenvalue weighted by Gasteiger charge is 2.32. The molecule has 21 heavy (non-hydrogen) atoms. The van der Waals surface area contributed by atoms with E-state index in [4.69, 9.17) is 10.8 Å². The molecular weight excluding hydrogens is 262 g/mol. The highest BCUT2D eigenvalue weighted by atomic mass is 16.2. The summed E-state index contributed by atoms with van der Waals surface area (Å²) in [7, 11) is 0. The van der Waals surface area contributed by atoms with Crippen LogP contribution in [0.1, 0.15) is 32.1 Å². The first-order chi connectivity index (χ1) is 10.3. The summed E-state index contributed by atoms with van der Waals surface area (Å²) < 4.78 is 0. The summed E-state index contributed by atoms with van der Waals surface area (Å²) in [6.07, 6.45) is 5.29. The van der Waals surface area contributed by atoms with Crippen molar-refractivity contribution in [3.05, 3.63) is 30.3 Å². The standard InChI is InChI=1S/C17H29N3O/c18-15-17(19-11-5-2-6-14-21)9-12-20(13-10-17)16-7-3-1-4-8-16/h1,3-4,7-8,19,21H,2,5-6,9-15,18H2. The maximum absolute atomic E-state index is 8.80.